The molecule has 49 heavy (non-hydrogen) atoms. The number of benzene rings is 3. The van der Waals surface area contributed by atoms with Crippen LogP contribution in [0.4, 0.5) is 32.1 Å². The first-order valence-electron chi connectivity index (χ1n) is 15.6. The summed E-state index contributed by atoms with van der Waals surface area (Å²) in [6.07, 6.45) is 3.90. The van der Waals surface area contributed by atoms with Crippen LogP contribution in [0.2, 0.25) is 0 Å². The molecular weight excluding hydrogens is 678 g/mol. The summed E-state index contributed by atoms with van der Waals surface area (Å²) in [7, 11) is -6.09. The minimum absolute atomic E-state index is 0.0222. The topological polar surface area (TPSA) is 93.2 Å². The third-order valence-electron chi connectivity index (χ3n) is 7.91. The fourth-order valence-corrected chi connectivity index (χ4v) is 6.40. The van der Waals surface area contributed by atoms with Crippen LogP contribution in [0.1, 0.15) is 92.3 Å². The van der Waals surface area contributed by atoms with Gasteiger partial charge in [-0.05, 0) is 105 Å². The normalized spacial score (nSPS) is 15.0. The van der Waals surface area contributed by atoms with E-state index in [9.17, 15) is 40.0 Å². The zero-order valence-electron chi connectivity index (χ0n) is 27.1. The van der Waals surface area contributed by atoms with Gasteiger partial charge in [0.15, 0.2) is 28.2 Å². The third kappa shape index (κ3) is 7.88. The van der Waals surface area contributed by atoms with E-state index in [-0.39, 0.29) is 30.2 Å². The van der Waals surface area contributed by atoms with Gasteiger partial charge < -0.3 is 14.4 Å². The van der Waals surface area contributed by atoms with E-state index in [0.29, 0.717) is 17.4 Å². The molecule has 0 radical (unpaired) electrons. The molecule has 0 N–H and O–H groups in total. The lowest BCUT2D eigenvalue weighted by atomic mass is 9.99. The lowest BCUT2D eigenvalue weighted by Crippen LogP contribution is -2.40. The van der Waals surface area contributed by atoms with Gasteiger partial charge in [0.2, 0.25) is 11.7 Å². The molecular formula is C34H34F6N2O6S. The van der Waals surface area contributed by atoms with Gasteiger partial charge in [-0.2, -0.15) is 0 Å². The second-order valence-corrected chi connectivity index (χ2v) is 14.8. The Balaban J connectivity index is 1.56. The van der Waals surface area contributed by atoms with Crippen molar-refractivity contribution < 1.29 is 53.9 Å². The Hall–Kier alpha value is -4.11. The monoisotopic (exact) mass is 712 g/mol. The fraction of sp³-hybridized carbons (Fsp3) is 0.412. The SMILES string of the molecule is CCOc1cc(C(=O)OC(C)(C)C)ccc1N(Cc1cc(C2CC2)cc(C2CC2)c1)C(=O)CN(F)S(=O)(=O)c1c(F)c(F)c(F)c(F)c1F. The van der Waals surface area contributed by atoms with Gasteiger partial charge >= 0.3 is 5.97 Å². The minimum atomic E-state index is -6.09. The summed E-state index contributed by atoms with van der Waals surface area (Å²) >= 11 is 0. The Kier molecular flexibility index (Phi) is 10.1. The van der Waals surface area contributed by atoms with Crippen molar-refractivity contribution in [3.63, 3.8) is 0 Å². The summed E-state index contributed by atoms with van der Waals surface area (Å²) in [4.78, 5) is 25.2. The predicted molar refractivity (Wildman–Crippen MR) is 166 cm³/mol. The molecule has 3 aromatic carbocycles. The van der Waals surface area contributed by atoms with Gasteiger partial charge in [0.05, 0.1) is 24.4 Å². The average molecular weight is 713 g/mol. The van der Waals surface area contributed by atoms with Crippen LogP contribution in [0.3, 0.4) is 0 Å². The zero-order valence-corrected chi connectivity index (χ0v) is 27.9. The molecule has 0 spiro atoms. The number of rotatable bonds is 12. The van der Waals surface area contributed by atoms with Gasteiger partial charge in [0.25, 0.3) is 10.0 Å². The van der Waals surface area contributed by atoms with Crippen molar-refractivity contribution in [3.8, 4) is 5.75 Å². The van der Waals surface area contributed by atoms with Crippen molar-refractivity contribution in [2.45, 2.75) is 82.3 Å². The molecule has 0 heterocycles. The standard InChI is InChI=1S/C34H34F6N2O6S/c1-5-47-25-15-21(33(44)48-34(2,3)4)10-11-24(25)41(16-18-12-22(19-6-7-19)14-23(13-18)20-8-9-20)26(43)17-42(40)49(45,46)32-30(38)28(36)27(35)29(37)31(32)39/h10-15,19-20H,5-9,16-17H2,1-4H3. The molecule has 0 bridgehead atoms. The number of carbonyl (C=O) groups excluding carboxylic acids is 2. The molecule has 0 aliphatic heterocycles. The Labute approximate surface area is 279 Å². The first kappa shape index (κ1) is 36.2. The summed E-state index contributed by atoms with van der Waals surface area (Å²) < 4.78 is 121. The number of anilines is 1. The predicted octanol–water partition coefficient (Wildman–Crippen LogP) is 7.60. The minimum Gasteiger partial charge on any atom is -0.492 e. The number of ether oxygens (including phenoxy) is 2. The maximum absolute atomic E-state index is 15.4. The van der Waals surface area contributed by atoms with Crippen LogP contribution in [0.15, 0.2) is 41.3 Å². The molecule has 15 heteroatoms. The quantitative estimate of drug-likeness (QED) is 0.0632. The highest BCUT2D eigenvalue weighted by atomic mass is 32.2. The summed E-state index contributed by atoms with van der Waals surface area (Å²) in [5, 5.41) is 0. The van der Waals surface area contributed by atoms with Crippen molar-refractivity contribution in [1.82, 2.24) is 4.53 Å². The van der Waals surface area contributed by atoms with Gasteiger partial charge in [-0.1, -0.05) is 18.2 Å². The summed E-state index contributed by atoms with van der Waals surface area (Å²) in [6.45, 7) is 4.67. The largest absolute Gasteiger partial charge is 0.492 e. The lowest BCUT2D eigenvalue weighted by molar-refractivity contribution is -0.121. The molecule has 3 aromatic rings. The van der Waals surface area contributed by atoms with Crippen LogP contribution >= 0.6 is 0 Å². The zero-order chi connectivity index (χ0) is 36.0. The number of esters is 1. The molecule has 2 fully saturated rings. The third-order valence-corrected chi connectivity index (χ3v) is 9.43. The first-order chi connectivity index (χ1) is 22.9. The summed E-state index contributed by atoms with van der Waals surface area (Å²) in [5.74, 6) is -14.8. The van der Waals surface area contributed by atoms with E-state index in [1.54, 1.807) is 27.7 Å². The maximum atomic E-state index is 15.4. The molecule has 2 aliphatic rings. The van der Waals surface area contributed by atoms with Gasteiger partial charge in [-0.15, -0.1) is 4.48 Å². The highest BCUT2D eigenvalue weighted by Crippen LogP contribution is 2.46. The fourth-order valence-electron chi connectivity index (χ4n) is 5.29. The number of amides is 1. The van der Waals surface area contributed by atoms with Crippen LogP contribution in [0.25, 0.3) is 0 Å². The van der Waals surface area contributed by atoms with Crippen molar-refractivity contribution in [2.75, 3.05) is 18.1 Å². The molecule has 5 rings (SSSR count). The molecule has 2 aliphatic carbocycles. The molecule has 8 nitrogen and oxygen atoms in total. The van der Waals surface area contributed by atoms with Crippen LogP contribution in [0, 0.1) is 29.1 Å². The van der Waals surface area contributed by atoms with E-state index in [0.717, 1.165) is 41.7 Å². The molecule has 1 amide bonds. The van der Waals surface area contributed by atoms with Crippen molar-refractivity contribution in [3.05, 3.63) is 87.7 Å². The van der Waals surface area contributed by atoms with Gasteiger partial charge in [0.1, 0.15) is 17.9 Å². The van der Waals surface area contributed by atoms with E-state index in [2.05, 4.69) is 6.07 Å². The Bertz CT molecular complexity index is 1850. The van der Waals surface area contributed by atoms with Crippen molar-refractivity contribution in [2.24, 2.45) is 0 Å². The molecule has 0 aromatic heterocycles. The van der Waals surface area contributed by atoms with E-state index in [1.807, 2.05) is 12.1 Å². The second kappa shape index (κ2) is 13.7. The molecule has 264 valence electrons. The van der Waals surface area contributed by atoms with Crippen LogP contribution in [0.5, 0.6) is 5.75 Å². The summed E-state index contributed by atoms with van der Waals surface area (Å²) in [5.41, 5.74) is 1.86. The van der Waals surface area contributed by atoms with Crippen molar-refractivity contribution in [1.29, 1.82) is 0 Å². The van der Waals surface area contributed by atoms with Gasteiger partial charge in [0, 0.05) is 0 Å². The van der Waals surface area contributed by atoms with Gasteiger partial charge in [-0.25, -0.2) is 35.2 Å². The Morgan fingerprint density at radius 3 is 1.86 bits per heavy atom. The van der Waals surface area contributed by atoms with E-state index >= 15 is 4.48 Å². The number of hydrogen-bond acceptors (Lipinski definition) is 6. The lowest BCUT2D eigenvalue weighted by Gasteiger charge is -2.27. The van der Waals surface area contributed by atoms with E-state index < -0.39 is 72.6 Å². The van der Waals surface area contributed by atoms with Crippen LogP contribution in [-0.4, -0.2) is 43.6 Å². The van der Waals surface area contributed by atoms with E-state index in [1.165, 1.54) is 18.2 Å². The number of nitrogens with zero attached hydrogens (tertiary/aromatic N) is 2. The van der Waals surface area contributed by atoms with Crippen LogP contribution < -0.4 is 9.64 Å². The van der Waals surface area contributed by atoms with Crippen molar-refractivity contribution >= 4 is 27.6 Å². The Morgan fingerprint density at radius 2 is 1.37 bits per heavy atom. The number of sulfonamides is 1. The highest BCUT2D eigenvalue weighted by Gasteiger charge is 2.39. The summed E-state index contributed by atoms with van der Waals surface area (Å²) in [6, 6.07) is 9.78. The molecule has 0 atom stereocenters. The molecule has 2 saturated carbocycles. The number of hydrogen-bond donors (Lipinski definition) is 0. The van der Waals surface area contributed by atoms with Crippen LogP contribution in [-0.2, 0) is 26.1 Å². The first-order valence-corrected chi connectivity index (χ1v) is 17.0. The molecule has 0 unspecified atom stereocenters. The molecule has 0 saturated heterocycles. The van der Waals surface area contributed by atoms with Gasteiger partial charge in [-0.3, -0.25) is 4.79 Å². The average Bonchev–Trinajstić information content (AvgIpc) is 3.94. The Morgan fingerprint density at radius 1 is 0.837 bits per heavy atom. The number of halogens is 6. The highest BCUT2D eigenvalue weighted by molar-refractivity contribution is 7.89. The smallest absolute Gasteiger partial charge is 0.338 e. The second-order valence-electron chi connectivity index (χ2n) is 13.0. The van der Waals surface area contributed by atoms with E-state index in [4.69, 9.17) is 9.47 Å². The maximum Gasteiger partial charge on any atom is 0.338 e. The number of carbonyl (C=O) groups is 2.